The van der Waals surface area contributed by atoms with Gasteiger partial charge in [0, 0.05) is 67.3 Å². The Hall–Kier alpha value is -10.6. The number of benzene rings is 9. The summed E-state index contributed by atoms with van der Waals surface area (Å²) in [7, 11) is 0. The number of nitrogens with zero attached hydrogens (tertiary/aromatic N) is 9. The molecule has 0 radical (unpaired) electrons. The van der Waals surface area contributed by atoms with Crippen molar-refractivity contribution in [2.75, 3.05) is 9.80 Å². The fraction of sp³-hybridized carbons (Fsp3) is 0. The molecule has 71 heavy (non-hydrogen) atoms. The highest BCUT2D eigenvalue weighted by Crippen LogP contribution is 2.44. The van der Waals surface area contributed by atoms with Crippen LogP contribution in [0.25, 0.3) is 75.9 Å². The van der Waals surface area contributed by atoms with Gasteiger partial charge in [0.2, 0.25) is 0 Å². The van der Waals surface area contributed by atoms with E-state index in [-0.39, 0.29) is 0 Å². The highest BCUT2D eigenvalue weighted by Gasteiger charge is 2.21. The van der Waals surface area contributed by atoms with Crippen molar-refractivity contribution in [1.82, 2.24) is 14.5 Å². The lowest BCUT2D eigenvalue weighted by Crippen LogP contribution is -2.09. The molecule has 0 spiro atoms. The summed E-state index contributed by atoms with van der Waals surface area (Å²) in [6.07, 6.45) is 0. The maximum absolute atomic E-state index is 9.66. The molecule has 9 aromatic carbocycles. The summed E-state index contributed by atoms with van der Waals surface area (Å²) in [5.74, 6) is 0.402. The number of aromatic nitrogens is 3. The summed E-state index contributed by atoms with van der Waals surface area (Å²) in [6.45, 7) is 23.4. The molecule has 0 saturated heterocycles. The summed E-state index contributed by atoms with van der Waals surface area (Å²) >= 11 is 0. The van der Waals surface area contributed by atoms with Gasteiger partial charge in [-0.2, -0.15) is 5.26 Å². The minimum absolute atomic E-state index is 0.402. The molecule has 0 aliphatic rings. The Bertz CT molecular complexity index is 3730. The number of nitriles is 1. The molecule has 0 amide bonds. The van der Waals surface area contributed by atoms with Gasteiger partial charge in [-0.1, -0.05) is 109 Å². The highest BCUT2D eigenvalue weighted by molar-refractivity contribution is 6.12. The average Bonchev–Trinajstić information content (AvgIpc) is 3.77. The number of anilines is 6. The van der Waals surface area contributed by atoms with Crippen molar-refractivity contribution in [3.63, 3.8) is 0 Å². The lowest BCUT2D eigenvalue weighted by molar-refractivity contribution is 1.17. The summed E-state index contributed by atoms with van der Waals surface area (Å²) in [4.78, 5) is 25.6. The summed E-state index contributed by atoms with van der Waals surface area (Å²) in [6, 6.07) is 76.0. The minimum Gasteiger partial charge on any atom is -0.311 e. The Morgan fingerprint density at radius 1 is 0.423 bits per heavy atom. The van der Waals surface area contributed by atoms with Crippen molar-refractivity contribution in [3.8, 4) is 45.7 Å². The molecule has 0 bridgehead atoms. The van der Waals surface area contributed by atoms with Crippen LogP contribution in [0.5, 0.6) is 0 Å². The van der Waals surface area contributed by atoms with E-state index in [9.17, 15) is 5.26 Å². The molecule has 0 fully saturated rings. The van der Waals surface area contributed by atoms with E-state index in [2.05, 4.69) is 120 Å². The smallest absolute Gasteiger partial charge is 0.198 e. The van der Waals surface area contributed by atoms with E-state index in [4.69, 9.17) is 29.7 Å². The van der Waals surface area contributed by atoms with Crippen LogP contribution in [0.1, 0.15) is 5.56 Å². The van der Waals surface area contributed by atoms with Crippen LogP contribution < -0.4 is 9.80 Å². The third-order valence-corrected chi connectivity index (χ3v) is 12.5. The zero-order chi connectivity index (χ0) is 48.3. The van der Waals surface area contributed by atoms with Gasteiger partial charge in [0.1, 0.15) is 5.82 Å². The fourth-order valence-electron chi connectivity index (χ4n) is 9.15. The Labute approximate surface area is 410 Å². The fourth-order valence-corrected chi connectivity index (χ4v) is 9.15. The van der Waals surface area contributed by atoms with E-state index in [1.807, 2.05) is 127 Å². The first-order valence-corrected chi connectivity index (χ1v) is 22.7. The number of hydrogen-bond acceptors (Lipinski definition) is 5. The van der Waals surface area contributed by atoms with Crippen LogP contribution in [0.3, 0.4) is 0 Å². The topological polar surface area (TPSA) is 74.1 Å². The molecular weight excluding hydrogens is 871 g/mol. The van der Waals surface area contributed by atoms with Gasteiger partial charge in [0.05, 0.1) is 53.8 Å². The second-order valence-corrected chi connectivity index (χ2v) is 16.6. The molecule has 0 aliphatic carbocycles. The molecule has 9 nitrogen and oxygen atoms in total. The Morgan fingerprint density at radius 2 is 0.887 bits per heavy atom. The second-order valence-electron chi connectivity index (χ2n) is 16.6. The van der Waals surface area contributed by atoms with Crippen molar-refractivity contribution >= 4 is 73.0 Å². The normalized spacial score (nSPS) is 10.8. The molecule has 0 aliphatic heterocycles. The molecule has 9 heteroatoms. The molecule has 0 saturated carbocycles. The van der Waals surface area contributed by atoms with Gasteiger partial charge in [-0.15, -0.1) is 0 Å². The van der Waals surface area contributed by atoms with Gasteiger partial charge in [-0.05, 0) is 115 Å². The van der Waals surface area contributed by atoms with E-state index in [1.54, 1.807) is 12.1 Å². The Morgan fingerprint density at radius 3 is 1.42 bits per heavy atom. The van der Waals surface area contributed by atoms with Gasteiger partial charge in [0.25, 0.3) is 0 Å². The monoisotopic (exact) mass is 907 g/mol. The van der Waals surface area contributed by atoms with Crippen LogP contribution in [0.4, 0.5) is 51.2 Å². The van der Waals surface area contributed by atoms with Crippen LogP contribution in [0.2, 0.25) is 0 Å². The number of rotatable bonds is 10. The molecule has 2 aromatic heterocycles. The van der Waals surface area contributed by atoms with Gasteiger partial charge in [-0.25, -0.2) is 24.5 Å². The van der Waals surface area contributed by atoms with E-state index in [0.717, 1.165) is 67.2 Å². The van der Waals surface area contributed by atoms with Gasteiger partial charge in [0.15, 0.2) is 17.1 Å². The largest absolute Gasteiger partial charge is 0.311 e. The van der Waals surface area contributed by atoms with Gasteiger partial charge in [-0.3, -0.25) is 0 Å². The third-order valence-electron chi connectivity index (χ3n) is 12.5. The Balaban J connectivity index is 1.10. The zero-order valence-corrected chi connectivity index (χ0v) is 37.9. The van der Waals surface area contributed by atoms with E-state index in [1.165, 1.54) is 0 Å². The quantitative estimate of drug-likeness (QED) is 0.128. The lowest BCUT2D eigenvalue weighted by atomic mass is 10.0. The first kappa shape index (κ1) is 43.0. The molecule has 11 aromatic rings. The number of fused-ring (bicyclic) bond motifs is 3. The van der Waals surface area contributed by atoms with Crippen molar-refractivity contribution in [3.05, 3.63) is 264 Å². The van der Waals surface area contributed by atoms with Crippen LogP contribution in [0, 0.1) is 31.0 Å². The highest BCUT2D eigenvalue weighted by atomic mass is 15.2. The Kier molecular flexibility index (Phi) is 11.3. The molecule has 330 valence electrons. The SMILES string of the molecule is [C-]#[N+]c1ccc(N(c2ccccc2)c2ccc3c(c2)c2cc(N(c4ccccc4)c4ccc(C#N)cc4)ccc2n3-c2ccc(-c3cc(-c4ccccc4[N+]#[C-])nc(-c4ccccc4[N+]#[C-])n3)cc2)cc1. The maximum Gasteiger partial charge on any atom is 0.198 e. The van der Waals surface area contributed by atoms with Crippen molar-refractivity contribution in [2.24, 2.45) is 0 Å². The molecular formula is C62H37N9. The van der Waals surface area contributed by atoms with Crippen LogP contribution in [-0.4, -0.2) is 14.5 Å². The first-order valence-electron chi connectivity index (χ1n) is 22.7. The second kappa shape index (κ2) is 18.6. The van der Waals surface area contributed by atoms with Crippen molar-refractivity contribution in [1.29, 1.82) is 5.26 Å². The number of hydrogen-bond donors (Lipinski definition) is 0. The molecule has 0 unspecified atom stereocenters. The standard InChI is InChI=1S/C62H37N9/c1-64-44-26-32-48(33-27-44)70(46-16-8-5-9-17-46)51-35-37-61-55(39-51)54-38-50(69(45-14-6-4-7-15-45)47-28-22-42(41-63)23-29-47)34-36-60(54)71(61)49-30-24-43(25-31-49)58-40-59(52-18-10-12-20-56(52)65-2)68-62(67-58)53-19-11-13-21-57(53)66-3/h4-40H. The van der Waals surface area contributed by atoms with E-state index >= 15 is 0 Å². The maximum atomic E-state index is 9.66. The summed E-state index contributed by atoms with van der Waals surface area (Å²) < 4.78 is 2.28. The van der Waals surface area contributed by atoms with Gasteiger partial charge < -0.3 is 14.4 Å². The predicted octanol–water partition coefficient (Wildman–Crippen LogP) is 17.0. The van der Waals surface area contributed by atoms with Gasteiger partial charge >= 0.3 is 0 Å². The average molecular weight is 908 g/mol. The van der Waals surface area contributed by atoms with E-state index in [0.29, 0.717) is 51.0 Å². The predicted molar refractivity (Wildman–Crippen MR) is 286 cm³/mol. The first-order chi connectivity index (χ1) is 35.0. The van der Waals surface area contributed by atoms with Crippen LogP contribution in [0.15, 0.2) is 224 Å². The van der Waals surface area contributed by atoms with E-state index < -0.39 is 0 Å². The molecule has 0 atom stereocenters. The third kappa shape index (κ3) is 8.11. The molecule has 11 rings (SSSR count). The summed E-state index contributed by atoms with van der Waals surface area (Å²) in [5.41, 5.74) is 14.0. The minimum atomic E-state index is 0.402. The lowest BCUT2D eigenvalue weighted by Gasteiger charge is -2.26. The number of para-hydroxylation sites is 4. The van der Waals surface area contributed by atoms with Crippen LogP contribution >= 0.6 is 0 Å². The molecule has 0 N–H and O–H groups in total. The van der Waals surface area contributed by atoms with Crippen LogP contribution in [-0.2, 0) is 0 Å². The zero-order valence-electron chi connectivity index (χ0n) is 37.9. The molecule has 2 heterocycles. The van der Waals surface area contributed by atoms with Crippen molar-refractivity contribution in [2.45, 2.75) is 0 Å². The summed E-state index contributed by atoms with van der Waals surface area (Å²) in [5, 5.41) is 11.7. The van der Waals surface area contributed by atoms with Crippen molar-refractivity contribution < 1.29 is 0 Å².